The number of carbonyl (C=O) groups is 4. The number of carboxylic acids is 4. The van der Waals surface area contributed by atoms with Crippen molar-refractivity contribution in [2.75, 3.05) is 25.2 Å². The lowest BCUT2D eigenvalue weighted by atomic mass is 10.1. The van der Waals surface area contributed by atoms with E-state index in [1.54, 1.807) is 11.8 Å². The third-order valence-corrected chi connectivity index (χ3v) is 3.90. The summed E-state index contributed by atoms with van der Waals surface area (Å²) in [6, 6.07) is 6.74. The molecule has 14 heteroatoms. The highest BCUT2D eigenvalue weighted by Crippen LogP contribution is 2.01. The summed E-state index contributed by atoms with van der Waals surface area (Å²) in [4.78, 5) is 39.3. The number of hydrogen-bond donors (Lipinski definition) is 9. The van der Waals surface area contributed by atoms with Crippen LogP contribution in [0.4, 0.5) is 0 Å². The first-order valence-electron chi connectivity index (χ1n) is 9.34. The summed E-state index contributed by atoms with van der Waals surface area (Å²) in [6.07, 6.45) is 2.86. The van der Waals surface area contributed by atoms with Gasteiger partial charge in [0.25, 0.3) is 0 Å². The first-order chi connectivity index (χ1) is 15.3. The molecule has 0 unspecified atom stereocenters. The van der Waals surface area contributed by atoms with Gasteiger partial charge in [-0.3, -0.25) is 19.2 Å². The molecule has 0 fully saturated rings. The first kappa shape index (κ1) is 34.9. The molecule has 3 atom stereocenters. The largest absolute Gasteiger partial charge is 0.480 e. The van der Waals surface area contributed by atoms with Crippen LogP contribution in [-0.4, -0.2) is 92.7 Å². The molecule has 0 aliphatic rings. The first-order valence-corrected chi connectivity index (χ1v) is 10.7. The van der Waals surface area contributed by atoms with Crippen molar-refractivity contribution in [3.8, 4) is 0 Å². The van der Waals surface area contributed by atoms with Gasteiger partial charge in [-0.2, -0.15) is 11.8 Å². The van der Waals surface area contributed by atoms with E-state index in [2.05, 4.69) is 5.73 Å². The minimum Gasteiger partial charge on any atom is -0.480 e. The molecule has 0 saturated heterocycles. The Bertz CT molecular complexity index is 680. The van der Waals surface area contributed by atoms with E-state index >= 15 is 0 Å². The second kappa shape index (κ2) is 22.4. The number of benzene rings is 1. The molecule has 0 radical (unpaired) electrons. The molecule has 0 heterocycles. The van der Waals surface area contributed by atoms with Gasteiger partial charge in [-0.1, -0.05) is 30.3 Å². The van der Waals surface area contributed by atoms with Gasteiger partial charge in [0.2, 0.25) is 0 Å². The molecule has 33 heavy (non-hydrogen) atoms. The number of aliphatic hydroxyl groups is 1. The maximum absolute atomic E-state index is 10.4. The molecule has 1 aromatic carbocycles. The third kappa shape index (κ3) is 25.4. The predicted molar refractivity (Wildman–Crippen MR) is 124 cm³/mol. The highest BCUT2D eigenvalue weighted by atomic mass is 32.2. The minimum absolute atomic E-state index is 0.278. The van der Waals surface area contributed by atoms with Gasteiger partial charge in [-0.05, 0) is 30.4 Å². The zero-order valence-corrected chi connectivity index (χ0v) is 19.1. The second-order valence-electron chi connectivity index (χ2n) is 6.09. The van der Waals surface area contributed by atoms with Gasteiger partial charge in [-0.15, -0.1) is 0 Å². The number of rotatable bonds is 10. The Morgan fingerprint density at radius 3 is 1.55 bits per heavy atom. The lowest BCUT2D eigenvalue weighted by Gasteiger charge is -2.04. The summed E-state index contributed by atoms with van der Waals surface area (Å²) in [5.41, 5.74) is 20.8. The number of hydrogen-bond acceptors (Lipinski definition) is 10. The van der Waals surface area contributed by atoms with Gasteiger partial charge < -0.3 is 48.5 Å². The number of nitrogens with two attached hydrogens (primary N) is 4. The van der Waals surface area contributed by atoms with E-state index in [1.165, 1.54) is 0 Å². The van der Waals surface area contributed by atoms with Gasteiger partial charge in [0.15, 0.2) is 0 Å². The number of aliphatic hydroxyl groups excluding tert-OH is 1. The van der Waals surface area contributed by atoms with Crippen LogP contribution in [0, 0.1) is 0 Å². The fraction of sp³-hybridized carbons (Fsp3) is 0.474. The topological polar surface area (TPSA) is 274 Å². The molecule has 0 amide bonds. The van der Waals surface area contributed by atoms with Crippen molar-refractivity contribution in [1.82, 2.24) is 0 Å². The highest BCUT2D eigenvalue weighted by molar-refractivity contribution is 7.98. The lowest BCUT2D eigenvalue weighted by Crippen LogP contribution is -2.33. The van der Waals surface area contributed by atoms with Crippen molar-refractivity contribution < 1.29 is 44.7 Å². The molecule has 0 spiro atoms. The Morgan fingerprint density at radius 1 is 0.848 bits per heavy atom. The van der Waals surface area contributed by atoms with E-state index < -0.39 is 48.6 Å². The molecule has 0 aliphatic carbocycles. The van der Waals surface area contributed by atoms with Gasteiger partial charge in [0, 0.05) is 0 Å². The molecule has 190 valence electrons. The van der Waals surface area contributed by atoms with Gasteiger partial charge in [-0.25, -0.2) is 0 Å². The molecule has 13 N–H and O–H groups in total. The van der Waals surface area contributed by atoms with Crippen molar-refractivity contribution >= 4 is 35.6 Å². The lowest BCUT2D eigenvalue weighted by molar-refractivity contribution is -0.140. The van der Waals surface area contributed by atoms with Crippen LogP contribution >= 0.6 is 11.8 Å². The summed E-state index contributed by atoms with van der Waals surface area (Å²) in [5.74, 6) is -3.21. The second-order valence-corrected chi connectivity index (χ2v) is 7.07. The third-order valence-electron chi connectivity index (χ3n) is 3.25. The summed E-state index contributed by atoms with van der Waals surface area (Å²) in [6.45, 7) is -0.782. The van der Waals surface area contributed by atoms with E-state index in [9.17, 15) is 19.2 Å². The van der Waals surface area contributed by atoms with Crippen molar-refractivity contribution in [2.24, 2.45) is 22.9 Å². The van der Waals surface area contributed by atoms with Crippen LogP contribution in [0.3, 0.4) is 0 Å². The molecule has 0 saturated carbocycles. The Hall–Kier alpha value is -2.75. The fourth-order valence-corrected chi connectivity index (χ4v) is 1.89. The summed E-state index contributed by atoms with van der Waals surface area (Å²) >= 11 is 1.60. The molecule has 13 nitrogen and oxygen atoms in total. The molecule has 1 aromatic rings. The molecule has 0 aliphatic heterocycles. The monoisotopic (exact) mass is 494 g/mol. The van der Waals surface area contributed by atoms with Crippen LogP contribution in [0.2, 0.25) is 0 Å². The predicted octanol–water partition coefficient (Wildman–Crippen LogP) is -1.79. The average Bonchev–Trinajstić information content (AvgIpc) is 2.78. The standard InChI is InChI=1S/C9H11NO2.C5H11NO2S.C3H7NO3.C2H5NO2/c10-8(9(11)12)6-7-4-2-1-3-5-7;1-9-3-2-4(6)5(7)8;4-2(1-5)3(6)7;3-1-2(4)5/h1-5,8H,6,10H2,(H,11,12);4H,2-3,6H2,1H3,(H,7,8);2,5H,1,4H2,(H,6,7);1,3H2,(H,4,5)/t8-;4-;2-;/m000./s1. The Labute approximate surface area is 195 Å². The van der Waals surface area contributed by atoms with E-state index in [1.807, 2.05) is 36.6 Å². The van der Waals surface area contributed by atoms with Gasteiger partial charge >= 0.3 is 23.9 Å². The van der Waals surface area contributed by atoms with E-state index in [0.717, 1.165) is 11.3 Å². The summed E-state index contributed by atoms with van der Waals surface area (Å²) < 4.78 is 0. The Balaban J connectivity index is -0.000000384. The minimum atomic E-state index is -1.18. The normalized spacial score (nSPS) is 12.1. The van der Waals surface area contributed by atoms with Crippen molar-refractivity contribution in [1.29, 1.82) is 0 Å². The van der Waals surface area contributed by atoms with Crippen molar-refractivity contribution in [3.05, 3.63) is 35.9 Å². The highest BCUT2D eigenvalue weighted by Gasteiger charge is 2.11. The van der Waals surface area contributed by atoms with Crippen LogP contribution in [0.5, 0.6) is 0 Å². The van der Waals surface area contributed by atoms with E-state index in [-0.39, 0.29) is 6.54 Å². The molecular formula is C19H34N4O9S. The molecule has 0 aromatic heterocycles. The zero-order valence-electron chi connectivity index (χ0n) is 18.2. The van der Waals surface area contributed by atoms with Crippen LogP contribution < -0.4 is 22.9 Å². The molecular weight excluding hydrogens is 460 g/mol. The van der Waals surface area contributed by atoms with Crippen LogP contribution in [0.25, 0.3) is 0 Å². The van der Waals surface area contributed by atoms with Crippen molar-refractivity contribution in [2.45, 2.75) is 31.0 Å². The average molecular weight is 495 g/mol. The van der Waals surface area contributed by atoms with E-state index in [0.29, 0.717) is 12.8 Å². The maximum atomic E-state index is 10.4. The zero-order chi connectivity index (χ0) is 26.4. The maximum Gasteiger partial charge on any atom is 0.322 e. The Morgan fingerprint density at radius 2 is 1.27 bits per heavy atom. The summed E-state index contributed by atoms with van der Waals surface area (Å²) in [7, 11) is 0. The van der Waals surface area contributed by atoms with Gasteiger partial charge in [0.1, 0.15) is 18.1 Å². The molecule has 0 bridgehead atoms. The van der Waals surface area contributed by atoms with E-state index in [4.69, 9.17) is 42.7 Å². The van der Waals surface area contributed by atoms with Gasteiger partial charge in [0.05, 0.1) is 13.2 Å². The van der Waals surface area contributed by atoms with Crippen LogP contribution in [0.15, 0.2) is 30.3 Å². The Kier molecular flexibility index (Phi) is 23.7. The van der Waals surface area contributed by atoms with Crippen LogP contribution in [0.1, 0.15) is 12.0 Å². The number of carboxylic acid groups (broad SMARTS) is 4. The van der Waals surface area contributed by atoms with Crippen LogP contribution in [-0.2, 0) is 25.6 Å². The fourth-order valence-electron chi connectivity index (χ4n) is 1.40. The SMILES string of the molecule is CSCC[C@H](N)C(=O)O.NCC(=O)O.N[C@@H](CO)C(=O)O.N[C@@H](Cc1ccccc1)C(=O)O. The van der Waals surface area contributed by atoms with Crippen molar-refractivity contribution in [3.63, 3.8) is 0 Å². The quantitative estimate of drug-likeness (QED) is 0.174. The number of thioether (sulfide) groups is 1. The summed E-state index contributed by atoms with van der Waals surface area (Å²) in [5, 5.41) is 40.3. The molecule has 1 rings (SSSR count). The number of aliphatic carboxylic acids is 4. The smallest absolute Gasteiger partial charge is 0.322 e.